The number of pyridine rings is 1. The minimum atomic E-state index is -4.51. The smallest absolute Gasteiger partial charge is 0.340 e. The Hall–Kier alpha value is -2.09. The summed E-state index contributed by atoms with van der Waals surface area (Å²) in [5.41, 5.74) is -0.737. The topological polar surface area (TPSA) is 39.7 Å². The molecule has 3 rings (SSSR count). The van der Waals surface area contributed by atoms with Crippen molar-refractivity contribution in [2.24, 2.45) is 0 Å². The molecule has 0 saturated carbocycles. The fraction of sp³-hybridized carbons (Fsp3) is 0.500. The van der Waals surface area contributed by atoms with Gasteiger partial charge in [-0.15, -0.1) is 0 Å². The number of carbonyl (C=O) groups is 1. The molecule has 0 bridgehead atoms. The molecule has 2 aliphatic heterocycles. The number of anilines is 2. The summed E-state index contributed by atoms with van der Waals surface area (Å²) in [4.78, 5) is 21.9. The van der Waals surface area contributed by atoms with E-state index in [0.29, 0.717) is 24.9 Å². The Kier molecular flexibility index (Phi) is 4.03. The third-order valence-electron chi connectivity index (χ3n) is 4.55. The van der Waals surface area contributed by atoms with Gasteiger partial charge in [0.05, 0.1) is 11.3 Å². The van der Waals surface area contributed by atoms with Gasteiger partial charge in [-0.3, -0.25) is 14.6 Å². The van der Waals surface area contributed by atoms with Crippen LogP contribution in [-0.4, -0.2) is 47.5 Å². The van der Waals surface area contributed by atoms with E-state index in [4.69, 9.17) is 0 Å². The van der Waals surface area contributed by atoms with Gasteiger partial charge in [-0.05, 0) is 19.9 Å². The highest BCUT2D eigenvalue weighted by molar-refractivity contribution is 6.06. The van der Waals surface area contributed by atoms with E-state index in [0.717, 1.165) is 18.8 Å². The largest absolute Gasteiger partial charge is 0.417 e. The van der Waals surface area contributed by atoms with Crippen molar-refractivity contribution in [1.82, 2.24) is 9.88 Å². The lowest BCUT2D eigenvalue weighted by atomic mass is 10.0. The van der Waals surface area contributed by atoms with Gasteiger partial charge < -0.3 is 4.90 Å². The van der Waals surface area contributed by atoms with Gasteiger partial charge in [-0.2, -0.15) is 13.2 Å². The van der Waals surface area contributed by atoms with Crippen LogP contribution in [0.5, 0.6) is 0 Å². The summed E-state index contributed by atoms with van der Waals surface area (Å²) in [6, 6.07) is 0.794. The van der Waals surface area contributed by atoms with E-state index < -0.39 is 17.8 Å². The summed E-state index contributed by atoms with van der Waals surface area (Å²) in [5, 5.41) is 0. The molecule has 0 N–H and O–H groups in total. The first-order valence-corrected chi connectivity index (χ1v) is 7.77. The molecule has 0 aliphatic carbocycles. The molecule has 130 valence electrons. The Bertz CT molecular complexity index is 674. The summed E-state index contributed by atoms with van der Waals surface area (Å²) < 4.78 is 38.9. The normalized spacial score (nSPS) is 21.8. The Balaban J connectivity index is 2.04. The Morgan fingerprint density at radius 2 is 2.08 bits per heavy atom. The second-order valence-corrected chi connectivity index (χ2v) is 6.25. The number of halogens is 3. The number of rotatable bonds is 2. The third-order valence-corrected chi connectivity index (χ3v) is 4.55. The van der Waals surface area contributed by atoms with Crippen molar-refractivity contribution in [2.75, 3.05) is 29.4 Å². The SMILES string of the molecule is C=CN1C(=O)[C@@H]2CN(C(C)C)CCN2c2ncc(C(F)(F)F)cc21. The fourth-order valence-electron chi connectivity index (χ4n) is 3.21. The highest BCUT2D eigenvalue weighted by Crippen LogP contribution is 2.40. The summed E-state index contributed by atoms with van der Waals surface area (Å²) in [5.74, 6) is 0.125. The molecule has 2 aliphatic rings. The van der Waals surface area contributed by atoms with Gasteiger partial charge in [0, 0.05) is 38.1 Å². The maximum atomic E-state index is 13.0. The van der Waals surface area contributed by atoms with Crippen molar-refractivity contribution < 1.29 is 18.0 Å². The van der Waals surface area contributed by atoms with Gasteiger partial charge in [0.25, 0.3) is 5.91 Å². The minimum Gasteiger partial charge on any atom is -0.340 e. The van der Waals surface area contributed by atoms with Crippen molar-refractivity contribution in [3.05, 3.63) is 30.6 Å². The van der Waals surface area contributed by atoms with E-state index in [1.54, 1.807) is 4.90 Å². The molecule has 8 heteroatoms. The lowest BCUT2D eigenvalue weighted by Crippen LogP contribution is -2.63. The van der Waals surface area contributed by atoms with Crippen LogP contribution in [-0.2, 0) is 11.0 Å². The van der Waals surface area contributed by atoms with Crippen molar-refractivity contribution in [3.8, 4) is 0 Å². The third kappa shape index (κ3) is 2.64. The van der Waals surface area contributed by atoms with E-state index in [1.165, 1.54) is 11.1 Å². The fourth-order valence-corrected chi connectivity index (χ4v) is 3.21. The molecule has 24 heavy (non-hydrogen) atoms. The first kappa shape index (κ1) is 16.8. The zero-order valence-corrected chi connectivity index (χ0v) is 13.5. The lowest BCUT2D eigenvalue weighted by Gasteiger charge is -2.47. The van der Waals surface area contributed by atoms with Crippen LogP contribution in [0.4, 0.5) is 24.7 Å². The van der Waals surface area contributed by atoms with Gasteiger partial charge >= 0.3 is 6.18 Å². The summed E-state index contributed by atoms with van der Waals surface area (Å²) in [6.45, 7) is 9.48. The van der Waals surface area contributed by atoms with E-state index >= 15 is 0 Å². The van der Waals surface area contributed by atoms with Crippen LogP contribution in [0.1, 0.15) is 19.4 Å². The second kappa shape index (κ2) is 5.77. The van der Waals surface area contributed by atoms with E-state index in [2.05, 4.69) is 30.3 Å². The van der Waals surface area contributed by atoms with E-state index in [-0.39, 0.29) is 11.6 Å². The van der Waals surface area contributed by atoms with Gasteiger partial charge in [0.1, 0.15) is 6.04 Å². The van der Waals surface area contributed by atoms with Gasteiger partial charge in [0.2, 0.25) is 0 Å². The van der Waals surface area contributed by atoms with E-state index in [9.17, 15) is 18.0 Å². The maximum absolute atomic E-state index is 13.0. The highest BCUT2D eigenvalue weighted by Gasteiger charge is 2.43. The summed E-state index contributed by atoms with van der Waals surface area (Å²) in [6.07, 6.45) is -2.43. The van der Waals surface area contributed by atoms with Gasteiger partial charge in [0.15, 0.2) is 5.82 Å². The molecule has 1 fully saturated rings. The van der Waals surface area contributed by atoms with Crippen LogP contribution in [0.2, 0.25) is 0 Å². The average molecular weight is 340 g/mol. The lowest BCUT2D eigenvalue weighted by molar-refractivity contribution is -0.137. The zero-order valence-electron chi connectivity index (χ0n) is 13.5. The molecule has 0 unspecified atom stereocenters. The number of piperazine rings is 1. The Morgan fingerprint density at radius 1 is 1.38 bits per heavy atom. The highest BCUT2D eigenvalue weighted by atomic mass is 19.4. The molecular formula is C16H19F3N4O. The number of amides is 1. The Labute approximate surface area is 138 Å². The number of nitrogens with zero attached hydrogens (tertiary/aromatic N) is 4. The average Bonchev–Trinajstić information content (AvgIpc) is 2.53. The zero-order chi connectivity index (χ0) is 17.6. The molecule has 5 nitrogen and oxygen atoms in total. The number of carbonyl (C=O) groups excluding carboxylic acids is 1. The monoisotopic (exact) mass is 340 g/mol. The van der Waals surface area contributed by atoms with Crippen LogP contribution in [0.25, 0.3) is 0 Å². The predicted octanol–water partition coefficient (Wildman–Crippen LogP) is 2.49. The predicted molar refractivity (Wildman–Crippen MR) is 84.8 cm³/mol. The number of hydrogen-bond donors (Lipinski definition) is 0. The molecule has 3 heterocycles. The number of fused-ring (bicyclic) bond motifs is 3. The molecule has 0 radical (unpaired) electrons. The van der Waals surface area contributed by atoms with Gasteiger partial charge in [-0.25, -0.2) is 4.98 Å². The van der Waals surface area contributed by atoms with Crippen LogP contribution in [0.3, 0.4) is 0 Å². The van der Waals surface area contributed by atoms with Crippen molar-refractivity contribution >= 4 is 17.4 Å². The molecule has 1 aromatic heterocycles. The Morgan fingerprint density at radius 3 is 2.67 bits per heavy atom. The van der Waals surface area contributed by atoms with Crippen LogP contribution in [0.15, 0.2) is 25.0 Å². The first-order chi connectivity index (χ1) is 11.2. The van der Waals surface area contributed by atoms with Crippen molar-refractivity contribution in [3.63, 3.8) is 0 Å². The van der Waals surface area contributed by atoms with Gasteiger partial charge in [-0.1, -0.05) is 6.58 Å². The van der Waals surface area contributed by atoms with Crippen LogP contribution >= 0.6 is 0 Å². The molecule has 1 saturated heterocycles. The van der Waals surface area contributed by atoms with Crippen LogP contribution in [0, 0.1) is 0 Å². The molecule has 1 aromatic rings. The molecule has 1 atom stereocenters. The number of aromatic nitrogens is 1. The summed E-state index contributed by atoms with van der Waals surface area (Å²) in [7, 11) is 0. The number of hydrogen-bond acceptors (Lipinski definition) is 4. The number of alkyl halides is 3. The molecular weight excluding hydrogens is 321 g/mol. The van der Waals surface area contributed by atoms with Crippen molar-refractivity contribution in [2.45, 2.75) is 32.1 Å². The first-order valence-electron chi connectivity index (χ1n) is 7.77. The standard InChI is InChI=1S/C16H19F3N4O/c1-4-22-12-7-11(16(17,18)19)8-20-14(12)23-6-5-21(10(2)3)9-13(23)15(22)24/h4,7-8,10,13H,1,5-6,9H2,2-3H3/t13-/m0/s1. The second-order valence-electron chi connectivity index (χ2n) is 6.25. The maximum Gasteiger partial charge on any atom is 0.417 e. The quantitative estimate of drug-likeness (QED) is 0.829. The molecule has 0 spiro atoms. The summed E-state index contributed by atoms with van der Waals surface area (Å²) >= 11 is 0. The van der Waals surface area contributed by atoms with Crippen molar-refractivity contribution in [1.29, 1.82) is 0 Å². The molecule has 1 amide bonds. The minimum absolute atomic E-state index is 0.138. The van der Waals surface area contributed by atoms with Crippen LogP contribution < -0.4 is 9.80 Å². The molecule has 0 aromatic carbocycles. The van der Waals surface area contributed by atoms with E-state index in [1.807, 2.05) is 0 Å².